The zero-order valence-corrected chi connectivity index (χ0v) is 27.4. The number of alkyl halides is 1. The lowest BCUT2D eigenvalue weighted by Crippen LogP contribution is -2.28. The third-order valence-electron chi connectivity index (χ3n) is 9.40. The monoisotopic (exact) mass is 597 g/mol. The maximum absolute atomic E-state index is 13.0. The fourth-order valence-corrected chi connectivity index (χ4v) is 6.69. The van der Waals surface area contributed by atoms with Crippen molar-refractivity contribution < 1.29 is 4.79 Å². The summed E-state index contributed by atoms with van der Waals surface area (Å²) in [6.07, 6.45) is 7.01. The minimum absolute atomic E-state index is 0.108. The molecule has 0 aliphatic carbocycles. The van der Waals surface area contributed by atoms with E-state index in [1.54, 1.807) is 4.90 Å². The molecule has 226 valence electrons. The fraction of sp³-hybridized carbons (Fsp3) is 0.417. The average Bonchev–Trinajstić information content (AvgIpc) is 3.68. The Hall–Kier alpha value is -3.64. The van der Waals surface area contributed by atoms with Crippen molar-refractivity contribution in [3.8, 4) is 0 Å². The second kappa shape index (κ2) is 12.5. The highest BCUT2D eigenvalue weighted by Crippen LogP contribution is 2.42. The highest BCUT2D eigenvalue weighted by Gasteiger charge is 2.31. The number of aromatic amines is 2. The van der Waals surface area contributed by atoms with Crippen LogP contribution in [-0.4, -0.2) is 50.2 Å². The van der Waals surface area contributed by atoms with Gasteiger partial charge in [-0.3, -0.25) is 9.78 Å². The van der Waals surface area contributed by atoms with E-state index < -0.39 is 0 Å². The van der Waals surface area contributed by atoms with Crippen molar-refractivity contribution in [2.75, 3.05) is 19.5 Å². The molecule has 5 rings (SSSR count). The van der Waals surface area contributed by atoms with Crippen LogP contribution < -0.4 is 0 Å². The van der Waals surface area contributed by atoms with Crippen LogP contribution in [0.15, 0.2) is 24.8 Å². The first-order chi connectivity index (χ1) is 20.6. The van der Waals surface area contributed by atoms with Gasteiger partial charge in [0.2, 0.25) is 5.91 Å². The molecule has 0 spiro atoms. The average molecular weight is 598 g/mol. The van der Waals surface area contributed by atoms with E-state index in [9.17, 15) is 4.79 Å². The number of amides is 1. The van der Waals surface area contributed by atoms with Gasteiger partial charge in [-0.15, -0.1) is 11.6 Å². The zero-order valence-electron chi connectivity index (χ0n) is 26.6. The number of nitrogens with zero attached hydrogens (tertiary/aromatic N) is 3. The second-order valence-electron chi connectivity index (χ2n) is 12.1. The molecule has 1 amide bonds. The molecule has 0 unspecified atom stereocenters. The van der Waals surface area contributed by atoms with E-state index in [1.165, 1.54) is 11.1 Å². The summed E-state index contributed by atoms with van der Waals surface area (Å²) in [6.45, 7) is 17.8. The summed E-state index contributed by atoms with van der Waals surface area (Å²) in [5, 5.41) is 0. The van der Waals surface area contributed by atoms with Gasteiger partial charge < -0.3 is 14.9 Å². The van der Waals surface area contributed by atoms with Crippen LogP contribution in [0.25, 0.3) is 39.8 Å². The molecule has 2 aliphatic rings. The highest BCUT2D eigenvalue weighted by atomic mass is 35.5. The van der Waals surface area contributed by atoms with Crippen LogP contribution >= 0.6 is 11.6 Å². The molecular weight excluding hydrogens is 554 g/mol. The molecule has 0 aromatic carbocycles. The van der Waals surface area contributed by atoms with E-state index >= 15 is 0 Å². The van der Waals surface area contributed by atoms with E-state index in [0.29, 0.717) is 18.8 Å². The van der Waals surface area contributed by atoms with E-state index in [1.807, 2.05) is 13.1 Å². The Balaban J connectivity index is 1.76. The van der Waals surface area contributed by atoms with Crippen molar-refractivity contribution in [3.63, 3.8) is 0 Å². The van der Waals surface area contributed by atoms with Gasteiger partial charge in [0.15, 0.2) is 0 Å². The minimum atomic E-state index is 0.108. The molecule has 3 aromatic heterocycles. The topological polar surface area (TPSA) is 77.7 Å². The number of allylic oxidation sites excluding steroid dienone is 1. The molecule has 0 saturated carbocycles. The van der Waals surface area contributed by atoms with Gasteiger partial charge in [-0.1, -0.05) is 26.5 Å². The summed E-state index contributed by atoms with van der Waals surface area (Å²) >= 11 is 5.87. The molecule has 6 nitrogen and oxygen atoms in total. The summed E-state index contributed by atoms with van der Waals surface area (Å²) in [6, 6.07) is 6.56. The Bertz CT molecular complexity index is 1780. The van der Waals surface area contributed by atoms with Crippen molar-refractivity contribution in [1.82, 2.24) is 24.8 Å². The molecule has 7 heteroatoms. The fourth-order valence-electron chi connectivity index (χ4n) is 6.57. The minimum Gasteiger partial charge on any atom is -0.355 e. The predicted molar refractivity (Wildman–Crippen MR) is 182 cm³/mol. The van der Waals surface area contributed by atoms with Crippen molar-refractivity contribution in [3.05, 3.63) is 75.4 Å². The van der Waals surface area contributed by atoms with Crippen LogP contribution in [0.5, 0.6) is 0 Å². The first kappa shape index (κ1) is 30.8. The van der Waals surface area contributed by atoms with Crippen LogP contribution in [0.1, 0.15) is 102 Å². The number of carbonyl (C=O) groups is 1. The van der Waals surface area contributed by atoms with Crippen LogP contribution in [0.3, 0.4) is 0 Å². The van der Waals surface area contributed by atoms with Crippen LogP contribution in [0, 0.1) is 20.8 Å². The van der Waals surface area contributed by atoms with Crippen LogP contribution in [0.4, 0.5) is 0 Å². The normalized spacial score (nSPS) is 16.3. The Morgan fingerprint density at radius 3 is 2.44 bits per heavy atom. The Morgan fingerprint density at radius 1 is 1.02 bits per heavy atom. The standard InChI is InChI=1S/C36H44ClN5O/c1-9-25-22(5)31-19-34-26(10-2)21(4)30(39-34)18-32-23(6)27(12-13-35(43)42(8)15-11-14-37)36(41-32)24(7)29-16-20(3)28(38-29)17-33(25)40-31/h10,16-19,23,27,39-40H,2,9,11-15H2,1,3-8H3/t23-,27-/m0/s1. The first-order valence-electron chi connectivity index (χ1n) is 15.4. The smallest absolute Gasteiger partial charge is 0.222 e. The molecule has 43 heavy (non-hydrogen) atoms. The van der Waals surface area contributed by atoms with Gasteiger partial charge in [-0.25, -0.2) is 4.98 Å². The number of rotatable bonds is 8. The van der Waals surface area contributed by atoms with Crippen molar-refractivity contribution >= 4 is 57.3 Å². The molecule has 5 heterocycles. The van der Waals surface area contributed by atoms with Gasteiger partial charge in [0.05, 0.1) is 11.4 Å². The van der Waals surface area contributed by atoms with Gasteiger partial charge in [-0.2, -0.15) is 0 Å². The third kappa shape index (κ3) is 5.82. The lowest BCUT2D eigenvalue weighted by atomic mass is 9.85. The second-order valence-corrected chi connectivity index (χ2v) is 12.5. The summed E-state index contributed by atoms with van der Waals surface area (Å²) in [4.78, 5) is 32.6. The van der Waals surface area contributed by atoms with Crippen molar-refractivity contribution in [1.29, 1.82) is 0 Å². The molecule has 0 fully saturated rings. The molecular formula is C36H44ClN5O. The molecule has 2 atom stereocenters. The number of fused-ring (bicyclic) bond motifs is 8. The van der Waals surface area contributed by atoms with Gasteiger partial charge in [0.1, 0.15) is 0 Å². The lowest BCUT2D eigenvalue weighted by Gasteiger charge is -2.20. The van der Waals surface area contributed by atoms with E-state index in [4.69, 9.17) is 21.6 Å². The molecule has 0 radical (unpaired) electrons. The number of halogens is 1. The number of aromatic nitrogens is 4. The number of hydrogen-bond acceptors (Lipinski definition) is 3. The van der Waals surface area contributed by atoms with Crippen LogP contribution in [0.2, 0.25) is 0 Å². The third-order valence-corrected chi connectivity index (χ3v) is 9.67. The maximum atomic E-state index is 13.0. The number of H-pyrrole nitrogens is 2. The van der Waals surface area contributed by atoms with Crippen molar-refractivity contribution in [2.24, 2.45) is 0 Å². The summed E-state index contributed by atoms with van der Waals surface area (Å²) in [5.41, 5.74) is 15.2. The number of hydrogen-bond donors (Lipinski definition) is 2. The molecule has 2 N–H and O–H groups in total. The molecule has 3 aromatic rings. The summed E-state index contributed by atoms with van der Waals surface area (Å²) < 4.78 is 0. The quantitative estimate of drug-likeness (QED) is 0.255. The Labute approximate surface area is 260 Å². The molecule has 2 aliphatic heterocycles. The van der Waals surface area contributed by atoms with Gasteiger partial charge >= 0.3 is 0 Å². The maximum Gasteiger partial charge on any atom is 0.222 e. The highest BCUT2D eigenvalue weighted by molar-refractivity contribution is 6.17. The Morgan fingerprint density at radius 2 is 1.74 bits per heavy atom. The van der Waals surface area contributed by atoms with E-state index in [2.05, 4.69) is 82.4 Å². The first-order valence-corrected chi connectivity index (χ1v) is 16.0. The van der Waals surface area contributed by atoms with Crippen LogP contribution in [-0.2, 0) is 11.2 Å². The van der Waals surface area contributed by atoms with E-state index in [-0.39, 0.29) is 17.7 Å². The zero-order chi connectivity index (χ0) is 31.0. The van der Waals surface area contributed by atoms with Crippen molar-refractivity contribution in [2.45, 2.75) is 79.1 Å². The van der Waals surface area contributed by atoms with Gasteiger partial charge in [0.25, 0.3) is 0 Å². The number of aryl methyl sites for hydroxylation is 3. The van der Waals surface area contributed by atoms with Gasteiger partial charge in [-0.05, 0) is 99.1 Å². The SMILES string of the molecule is C=Cc1c(C)c2cc3nc(c(C)c4nc(cc5[nH]c(cc1[nH]2)c(C)c5CC)C(C)=C4)[C@@H](CCC(=O)N(C)CCCCl)[C@@H]3C. The summed E-state index contributed by atoms with van der Waals surface area (Å²) in [5.74, 6) is 0.951. The predicted octanol–water partition coefficient (Wildman–Crippen LogP) is 8.76. The lowest BCUT2D eigenvalue weighted by molar-refractivity contribution is -0.130. The Kier molecular flexibility index (Phi) is 8.98. The summed E-state index contributed by atoms with van der Waals surface area (Å²) in [7, 11) is 1.87. The molecule has 0 saturated heterocycles. The molecule has 8 bridgehead atoms. The number of nitrogens with one attached hydrogen (secondary N) is 2. The number of carbonyl (C=O) groups excluding carboxylic acids is 1. The van der Waals surface area contributed by atoms with E-state index in [0.717, 1.165) is 86.4 Å². The van der Waals surface area contributed by atoms with Gasteiger partial charge in [0, 0.05) is 76.7 Å². The largest absolute Gasteiger partial charge is 0.355 e.